The van der Waals surface area contributed by atoms with Crippen molar-refractivity contribution in [2.24, 2.45) is 0 Å². The van der Waals surface area contributed by atoms with Crippen molar-refractivity contribution in [1.29, 1.82) is 10.7 Å². The predicted molar refractivity (Wildman–Crippen MR) is 136 cm³/mol. The number of hydrogen-bond acceptors (Lipinski definition) is 5. The van der Waals surface area contributed by atoms with Crippen molar-refractivity contribution >= 4 is 11.5 Å². The summed E-state index contributed by atoms with van der Waals surface area (Å²) in [5.74, 6) is -0.887. The molecule has 2 aliphatic heterocycles. The van der Waals surface area contributed by atoms with E-state index in [4.69, 9.17) is 10.7 Å². The molecule has 0 amide bonds. The van der Waals surface area contributed by atoms with Crippen LogP contribution in [-0.2, 0) is 0 Å². The van der Waals surface area contributed by atoms with E-state index in [0.717, 1.165) is 57.5 Å². The van der Waals surface area contributed by atoms with E-state index in [9.17, 15) is 4.39 Å². The first-order valence-electron chi connectivity index (χ1n) is 12.3. The number of amidine groups is 1. The minimum atomic E-state index is -0.658. The summed E-state index contributed by atoms with van der Waals surface area (Å²) in [7, 11) is 1.87. The molecule has 0 radical (unpaired) electrons. The Morgan fingerprint density at radius 2 is 1.92 bits per heavy atom. The fraction of sp³-hybridized carbons (Fsp3) is 0.370. The molecule has 5 rings (SSSR count). The average Bonchev–Trinajstić information content (AvgIpc) is 3.59. The van der Waals surface area contributed by atoms with E-state index in [0.29, 0.717) is 17.0 Å². The second-order valence-corrected chi connectivity index (χ2v) is 9.42. The molecule has 2 N–H and O–H groups in total. The van der Waals surface area contributed by atoms with Crippen LogP contribution in [0, 0.1) is 28.4 Å². The third kappa shape index (κ3) is 4.56. The highest BCUT2D eigenvalue weighted by Gasteiger charge is 2.25. The molecule has 7 nitrogen and oxygen atoms in total. The van der Waals surface area contributed by atoms with Gasteiger partial charge in [0.25, 0.3) is 0 Å². The van der Waals surface area contributed by atoms with Gasteiger partial charge in [-0.1, -0.05) is 6.07 Å². The molecule has 2 saturated heterocycles. The molecular weight excluding hydrogens is 460 g/mol. The summed E-state index contributed by atoms with van der Waals surface area (Å²) in [5, 5.41) is 25.9. The van der Waals surface area contributed by atoms with E-state index in [2.05, 4.69) is 15.3 Å². The van der Waals surface area contributed by atoms with Crippen molar-refractivity contribution in [2.75, 3.05) is 38.1 Å². The zero-order valence-electron chi connectivity index (χ0n) is 20.3. The van der Waals surface area contributed by atoms with Crippen molar-refractivity contribution in [3.05, 3.63) is 65.4 Å². The molecule has 0 bridgehead atoms. The monoisotopic (exact) mass is 489 g/mol. The molecule has 186 valence electrons. The molecule has 2 aliphatic rings. The summed E-state index contributed by atoms with van der Waals surface area (Å²) in [6, 6.07) is 13.0. The van der Waals surface area contributed by atoms with Crippen molar-refractivity contribution in [3.63, 3.8) is 0 Å². The van der Waals surface area contributed by atoms with E-state index in [-0.39, 0.29) is 23.1 Å². The van der Waals surface area contributed by atoms with Crippen LogP contribution in [0.4, 0.5) is 14.5 Å². The highest BCUT2D eigenvalue weighted by atomic mass is 19.1. The lowest BCUT2D eigenvalue weighted by Gasteiger charge is -2.32. The maximum atomic E-state index is 15.5. The lowest BCUT2D eigenvalue weighted by molar-refractivity contribution is 0.292. The Morgan fingerprint density at radius 3 is 2.58 bits per heavy atom. The molecule has 1 unspecified atom stereocenters. The van der Waals surface area contributed by atoms with Crippen LogP contribution in [0.2, 0.25) is 0 Å². The van der Waals surface area contributed by atoms with Crippen LogP contribution in [0.5, 0.6) is 0 Å². The van der Waals surface area contributed by atoms with Gasteiger partial charge < -0.3 is 15.1 Å². The molecule has 3 aromatic rings. The second-order valence-electron chi connectivity index (χ2n) is 9.42. The first kappa shape index (κ1) is 23.9. The first-order chi connectivity index (χ1) is 17.5. The summed E-state index contributed by atoms with van der Waals surface area (Å²) < 4.78 is 31.4. The van der Waals surface area contributed by atoms with Crippen LogP contribution in [0.15, 0.2) is 42.5 Å². The van der Waals surface area contributed by atoms with Gasteiger partial charge in [-0.3, -0.25) is 5.41 Å². The van der Waals surface area contributed by atoms with E-state index in [1.54, 1.807) is 18.2 Å². The van der Waals surface area contributed by atoms with Gasteiger partial charge in [-0.2, -0.15) is 10.4 Å². The highest BCUT2D eigenvalue weighted by Crippen LogP contribution is 2.30. The molecule has 2 aromatic carbocycles. The third-order valence-electron chi connectivity index (χ3n) is 7.14. The van der Waals surface area contributed by atoms with E-state index in [1.165, 1.54) is 22.9 Å². The molecule has 9 heteroatoms. The molecule has 0 saturated carbocycles. The fourth-order valence-electron chi connectivity index (χ4n) is 5.02. The standard InChI is InChI=1S/C27H29F2N7/c1-34(21-5-4-10-32-17-21)27(31)24-15-26(18-6-7-19(16-30)22(28)13-18)36(33-24)25-9-8-20(14-23(25)29)35-11-2-3-12-35/h6-9,13-15,21,31-32H,2-5,10-12,17H2,1H3. The first-order valence-corrected chi connectivity index (χ1v) is 12.3. The SMILES string of the molecule is CN(C(=N)c1cc(-c2ccc(C#N)c(F)c2)n(-c2ccc(N3CCCC3)cc2F)n1)C1CCCNC1. The zero-order valence-corrected chi connectivity index (χ0v) is 20.3. The third-order valence-corrected chi connectivity index (χ3v) is 7.14. The molecule has 2 fully saturated rings. The highest BCUT2D eigenvalue weighted by molar-refractivity contribution is 5.95. The number of halogens is 2. The Balaban J connectivity index is 1.56. The quantitative estimate of drug-likeness (QED) is 0.413. The molecule has 3 heterocycles. The maximum Gasteiger partial charge on any atom is 0.150 e. The van der Waals surface area contributed by atoms with Gasteiger partial charge in [-0.15, -0.1) is 0 Å². The lowest BCUT2D eigenvalue weighted by atomic mass is 10.1. The summed E-state index contributed by atoms with van der Waals surface area (Å²) >= 11 is 0. The molecular formula is C27H29F2N7. The molecule has 36 heavy (non-hydrogen) atoms. The van der Waals surface area contributed by atoms with Crippen LogP contribution < -0.4 is 10.2 Å². The number of piperidine rings is 1. The van der Waals surface area contributed by atoms with E-state index < -0.39 is 11.6 Å². The summed E-state index contributed by atoms with van der Waals surface area (Å²) in [6.07, 6.45) is 4.17. The van der Waals surface area contributed by atoms with E-state index >= 15 is 4.39 Å². The molecule has 0 spiro atoms. The topological polar surface area (TPSA) is 84.0 Å². The predicted octanol–water partition coefficient (Wildman–Crippen LogP) is 4.30. The van der Waals surface area contributed by atoms with Crippen LogP contribution in [0.1, 0.15) is 36.9 Å². The van der Waals surface area contributed by atoms with Gasteiger partial charge in [-0.05, 0) is 68.6 Å². The number of hydrogen-bond donors (Lipinski definition) is 2. The van der Waals surface area contributed by atoms with Gasteiger partial charge in [0.05, 0.1) is 11.3 Å². The van der Waals surface area contributed by atoms with Crippen molar-refractivity contribution in [2.45, 2.75) is 31.7 Å². The maximum absolute atomic E-state index is 15.5. The fourth-order valence-corrected chi connectivity index (χ4v) is 5.02. The number of benzene rings is 2. The van der Waals surface area contributed by atoms with Crippen LogP contribution in [0.25, 0.3) is 16.9 Å². The summed E-state index contributed by atoms with van der Waals surface area (Å²) in [4.78, 5) is 4.04. The van der Waals surface area contributed by atoms with Crippen molar-refractivity contribution in [1.82, 2.24) is 20.0 Å². The minimum Gasteiger partial charge on any atom is -0.371 e. The molecule has 1 aromatic heterocycles. The normalized spacial score (nSPS) is 17.7. The lowest BCUT2D eigenvalue weighted by Crippen LogP contribution is -2.46. The summed E-state index contributed by atoms with van der Waals surface area (Å²) in [5.41, 5.74) is 2.24. The van der Waals surface area contributed by atoms with E-state index in [1.807, 2.05) is 24.1 Å². The smallest absolute Gasteiger partial charge is 0.150 e. The Bertz CT molecular complexity index is 1310. The zero-order chi connectivity index (χ0) is 25.2. The Labute approximate surface area is 209 Å². The number of nitrogens with zero attached hydrogens (tertiary/aromatic N) is 5. The second kappa shape index (κ2) is 10.1. The van der Waals surface area contributed by atoms with Crippen molar-refractivity contribution < 1.29 is 8.78 Å². The van der Waals surface area contributed by atoms with Gasteiger partial charge in [0.2, 0.25) is 0 Å². The van der Waals surface area contributed by atoms with Gasteiger partial charge in [-0.25, -0.2) is 13.5 Å². The Kier molecular flexibility index (Phi) is 6.70. The number of rotatable bonds is 5. The summed E-state index contributed by atoms with van der Waals surface area (Å²) in [6.45, 7) is 3.55. The van der Waals surface area contributed by atoms with Crippen molar-refractivity contribution in [3.8, 4) is 23.0 Å². The molecule has 0 aliphatic carbocycles. The van der Waals surface area contributed by atoms with Gasteiger partial charge in [0.15, 0.2) is 5.82 Å². The number of nitriles is 1. The number of nitrogens with one attached hydrogen (secondary N) is 2. The average molecular weight is 490 g/mol. The Morgan fingerprint density at radius 1 is 1.11 bits per heavy atom. The van der Waals surface area contributed by atoms with Crippen LogP contribution in [0.3, 0.4) is 0 Å². The van der Waals surface area contributed by atoms with Crippen LogP contribution in [-0.4, -0.2) is 59.8 Å². The minimum absolute atomic E-state index is 0.0662. The Hall–Kier alpha value is -3.77. The largest absolute Gasteiger partial charge is 0.371 e. The number of aromatic nitrogens is 2. The number of likely N-dealkylation sites (N-methyl/N-ethyl adjacent to an activating group) is 1. The van der Waals surface area contributed by atoms with Crippen LogP contribution >= 0.6 is 0 Å². The van der Waals surface area contributed by atoms with Gasteiger partial charge in [0, 0.05) is 44.0 Å². The number of anilines is 1. The van der Waals surface area contributed by atoms with Gasteiger partial charge in [0.1, 0.15) is 29.1 Å². The van der Waals surface area contributed by atoms with Gasteiger partial charge >= 0.3 is 0 Å². The molecule has 1 atom stereocenters.